The molecule has 0 N–H and O–H groups in total. The smallest absolute Gasteiger partial charge is 0.416 e. The molecule has 1 aromatic rings. The van der Waals surface area contributed by atoms with Gasteiger partial charge in [-0.1, -0.05) is 32.0 Å². The maximum atomic E-state index is 13.3. The van der Waals surface area contributed by atoms with E-state index in [0.717, 1.165) is 6.07 Å². The van der Waals surface area contributed by atoms with Gasteiger partial charge in [0.2, 0.25) is 0 Å². The summed E-state index contributed by atoms with van der Waals surface area (Å²) in [6.07, 6.45) is -4.20. The van der Waals surface area contributed by atoms with E-state index in [-0.39, 0.29) is 40.9 Å². The molecular weight excluding hydrogens is 321 g/mol. The molecule has 0 aromatic heterocycles. The van der Waals surface area contributed by atoms with Gasteiger partial charge in [-0.05, 0) is 17.0 Å². The number of ether oxygens (including phenoxy) is 1. The zero-order valence-corrected chi connectivity index (χ0v) is 13.4. The predicted molar refractivity (Wildman–Crippen MR) is 79.9 cm³/mol. The van der Waals surface area contributed by atoms with E-state index in [0.29, 0.717) is 6.42 Å². The van der Waals surface area contributed by atoms with Crippen molar-refractivity contribution in [2.75, 3.05) is 0 Å². The molecule has 2 aliphatic rings. The van der Waals surface area contributed by atoms with Gasteiger partial charge < -0.3 is 4.74 Å². The lowest BCUT2D eigenvalue weighted by Crippen LogP contribution is -2.34. The zero-order valence-electron chi connectivity index (χ0n) is 13.4. The third-order valence-corrected chi connectivity index (χ3v) is 4.48. The fourth-order valence-electron chi connectivity index (χ4n) is 3.53. The van der Waals surface area contributed by atoms with Crippen LogP contribution in [0.5, 0.6) is 0 Å². The molecule has 0 fully saturated rings. The molecule has 6 heteroatoms. The van der Waals surface area contributed by atoms with Crippen molar-refractivity contribution in [3.8, 4) is 0 Å². The maximum Gasteiger partial charge on any atom is 0.416 e. The van der Waals surface area contributed by atoms with Gasteiger partial charge in [0.1, 0.15) is 5.76 Å². The highest BCUT2D eigenvalue weighted by Crippen LogP contribution is 2.48. The second kappa shape index (κ2) is 5.46. The quantitative estimate of drug-likeness (QED) is 0.714. The number of hydrogen-bond donors (Lipinski definition) is 0. The van der Waals surface area contributed by atoms with Gasteiger partial charge in [-0.25, -0.2) is 0 Å². The molecule has 1 aliphatic heterocycles. The lowest BCUT2D eigenvalue weighted by molar-refractivity contribution is -0.144. The fraction of sp³-hybridized carbons (Fsp3) is 0.444. The van der Waals surface area contributed by atoms with E-state index < -0.39 is 23.6 Å². The van der Waals surface area contributed by atoms with E-state index >= 15 is 0 Å². The van der Waals surface area contributed by atoms with Crippen LogP contribution in [0.25, 0.3) is 0 Å². The monoisotopic (exact) mass is 338 g/mol. The van der Waals surface area contributed by atoms with Crippen LogP contribution in [0.2, 0.25) is 0 Å². The van der Waals surface area contributed by atoms with Gasteiger partial charge in [-0.3, -0.25) is 9.59 Å². The fourth-order valence-corrected chi connectivity index (χ4v) is 3.53. The van der Waals surface area contributed by atoms with Gasteiger partial charge in [0.25, 0.3) is 0 Å². The van der Waals surface area contributed by atoms with Gasteiger partial charge in [-0.15, -0.1) is 0 Å². The van der Waals surface area contributed by atoms with Crippen molar-refractivity contribution in [1.29, 1.82) is 0 Å². The van der Waals surface area contributed by atoms with Crippen LogP contribution in [0.3, 0.4) is 0 Å². The molecule has 24 heavy (non-hydrogen) atoms. The molecule has 3 rings (SSSR count). The highest BCUT2D eigenvalue weighted by atomic mass is 19.4. The molecule has 0 saturated carbocycles. The normalized spacial score (nSPS) is 23.8. The summed E-state index contributed by atoms with van der Waals surface area (Å²) in [6, 6.07) is 5.10. The number of Topliss-reactive ketones (excluding diaryl/α,β-unsaturated/α-hetero) is 1. The largest absolute Gasteiger partial charge is 0.431 e. The van der Waals surface area contributed by atoms with E-state index in [2.05, 4.69) is 0 Å². The lowest BCUT2D eigenvalue weighted by atomic mass is 9.70. The van der Waals surface area contributed by atoms with E-state index in [9.17, 15) is 22.8 Å². The van der Waals surface area contributed by atoms with Crippen LogP contribution in [0.4, 0.5) is 13.2 Å². The second-order valence-corrected chi connectivity index (χ2v) is 7.09. The lowest BCUT2D eigenvalue weighted by Gasteiger charge is -2.37. The highest BCUT2D eigenvalue weighted by molar-refractivity contribution is 6.00. The van der Waals surface area contributed by atoms with Crippen molar-refractivity contribution < 1.29 is 27.5 Å². The summed E-state index contributed by atoms with van der Waals surface area (Å²) in [4.78, 5) is 24.5. The van der Waals surface area contributed by atoms with Gasteiger partial charge in [0.15, 0.2) is 5.78 Å². The first-order valence-corrected chi connectivity index (χ1v) is 7.71. The molecule has 0 amide bonds. The summed E-state index contributed by atoms with van der Waals surface area (Å²) >= 11 is 0. The SMILES string of the molecule is CC1(C)CC(=O)C2=C(C1)OC(=O)C[C@H]2c1ccccc1C(F)(F)F. The van der Waals surface area contributed by atoms with Crippen LogP contribution in [0.15, 0.2) is 35.6 Å². The van der Waals surface area contributed by atoms with Crippen molar-refractivity contribution in [2.45, 2.75) is 45.2 Å². The maximum absolute atomic E-state index is 13.3. The number of rotatable bonds is 1. The number of carbonyl (C=O) groups excluding carboxylic acids is 2. The molecule has 1 heterocycles. The highest BCUT2D eigenvalue weighted by Gasteiger charge is 2.44. The minimum absolute atomic E-state index is 0.0396. The number of halogens is 3. The Morgan fingerprint density at radius 1 is 1.12 bits per heavy atom. The zero-order chi connectivity index (χ0) is 17.7. The second-order valence-electron chi connectivity index (χ2n) is 7.09. The molecule has 0 saturated heterocycles. The Morgan fingerprint density at radius 3 is 2.46 bits per heavy atom. The van der Waals surface area contributed by atoms with Crippen molar-refractivity contribution >= 4 is 11.8 Å². The number of allylic oxidation sites excluding steroid dienone is 2. The van der Waals surface area contributed by atoms with Crippen molar-refractivity contribution in [2.24, 2.45) is 5.41 Å². The predicted octanol–water partition coefficient (Wildman–Crippen LogP) is 4.38. The van der Waals surface area contributed by atoms with Crippen molar-refractivity contribution in [3.63, 3.8) is 0 Å². The standard InChI is InChI=1S/C18H17F3O3/c1-17(2)8-13(22)16-11(7-15(23)24-14(16)9-17)10-5-3-4-6-12(10)18(19,20)21/h3-6,11H,7-9H2,1-2H3/t11-/m0/s1. The van der Waals surface area contributed by atoms with Crippen LogP contribution in [0.1, 0.15) is 50.2 Å². The third kappa shape index (κ3) is 2.97. The number of esters is 1. The van der Waals surface area contributed by atoms with Crippen molar-refractivity contribution in [1.82, 2.24) is 0 Å². The molecular formula is C18H17F3O3. The molecule has 1 atom stereocenters. The molecule has 0 bridgehead atoms. The number of hydrogen-bond acceptors (Lipinski definition) is 3. The molecule has 0 spiro atoms. The average Bonchev–Trinajstić information content (AvgIpc) is 2.43. The Morgan fingerprint density at radius 2 is 1.79 bits per heavy atom. The van der Waals surface area contributed by atoms with E-state index in [1.54, 1.807) is 0 Å². The van der Waals surface area contributed by atoms with E-state index in [4.69, 9.17) is 4.74 Å². The van der Waals surface area contributed by atoms with Gasteiger partial charge in [-0.2, -0.15) is 13.2 Å². The number of ketones is 1. The van der Waals surface area contributed by atoms with Crippen LogP contribution in [0, 0.1) is 5.41 Å². The van der Waals surface area contributed by atoms with Crippen LogP contribution >= 0.6 is 0 Å². The third-order valence-electron chi connectivity index (χ3n) is 4.48. The molecule has 1 aliphatic carbocycles. The Kier molecular flexibility index (Phi) is 3.81. The van der Waals surface area contributed by atoms with Gasteiger partial charge in [0, 0.05) is 24.3 Å². The Bertz CT molecular complexity index is 744. The summed E-state index contributed by atoms with van der Waals surface area (Å²) in [5.41, 5.74) is -0.997. The van der Waals surface area contributed by atoms with Gasteiger partial charge >= 0.3 is 12.1 Å². The Balaban J connectivity index is 2.15. The number of alkyl halides is 3. The van der Waals surface area contributed by atoms with E-state index in [1.807, 2.05) is 13.8 Å². The van der Waals surface area contributed by atoms with Crippen molar-refractivity contribution in [3.05, 3.63) is 46.7 Å². The summed E-state index contributed by atoms with van der Waals surface area (Å²) in [5, 5.41) is 0. The molecule has 1 aromatic carbocycles. The molecule has 3 nitrogen and oxygen atoms in total. The van der Waals surface area contributed by atoms with Crippen LogP contribution in [-0.4, -0.2) is 11.8 Å². The summed E-state index contributed by atoms with van der Waals surface area (Å²) in [7, 11) is 0. The molecule has 0 radical (unpaired) electrons. The minimum Gasteiger partial charge on any atom is -0.431 e. The van der Waals surface area contributed by atoms with Crippen LogP contribution in [-0.2, 0) is 20.5 Å². The Labute approximate surface area is 137 Å². The molecule has 0 unspecified atom stereocenters. The summed E-state index contributed by atoms with van der Waals surface area (Å²) in [6.45, 7) is 3.74. The first-order valence-electron chi connectivity index (χ1n) is 7.71. The first kappa shape index (κ1) is 16.7. The van der Waals surface area contributed by atoms with E-state index in [1.165, 1.54) is 18.2 Å². The average molecular weight is 338 g/mol. The van der Waals surface area contributed by atoms with Gasteiger partial charge in [0.05, 0.1) is 12.0 Å². The Hall–Kier alpha value is -2.11. The summed E-state index contributed by atoms with van der Waals surface area (Å²) in [5.74, 6) is -1.51. The topological polar surface area (TPSA) is 43.4 Å². The molecule has 128 valence electrons. The number of benzene rings is 1. The number of carbonyl (C=O) groups is 2. The van der Waals surface area contributed by atoms with Crippen LogP contribution < -0.4 is 0 Å². The summed E-state index contributed by atoms with van der Waals surface area (Å²) < 4.78 is 45.2. The first-order chi connectivity index (χ1) is 11.1. The minimum atomic E-state index is -4.55.